The first kappa shape index (κ1) is 13.1. The molecule has 2 rings (SSSR count). The number of ketones is 1. The Morgan fingerprint density at radius 1 is 1.39 bits per heavy atom. The molecule has 0 atom stereocenters. The lowest BCUT2D eigenvalue weighted by molar-refractivity contribution is -0.168. The van der Waals surface area contributed by atoms with E-state index in [0.29, 0.717) is 5.92 Å². The van der Waals surface area contributed by atoms with E-state index in [4.69, 9.17) is 4.74 Å². The van der Waals surface area contributed by atoms with Gasteiger partial charge in [0.1, 0.15) is 16.9 Å². The number of hydrogen-bond acceptors (Lipinski definition) is 4. The van der Waals surface area contributed by atoms with Crippen LogP contribution in [0.2, 0.25) is 0 Å². The summed E-state index contributed by atoms with van der Waals surface area (Å²) in [5.74, 6) is -0.422. The highest BCUT2D eigenvalue weighted by Crippen LogP contribution is 2.41. The third-order valence-corrected chi connectivity index (χ3v) is 4.08. The lowest BCUT2D eigenvalue weighted by atomic mass is 9.75. The first-order chi connectivity index (χ1) is 8.47. The van der Waals surface area contributed by atoms with Crippen LogP contribution >= 0.6 is 0 Å². The Hall–Kier alpha value is -1.32. The molecule has 0 unspecified atom stereocenters. The van der Waals surface area contributed by atoms with Crippen LogP contribution in [-0.4, -0.2) is 22.5 Å². The maximum atomic E-state index is 12.0. The lowest BCUT2D eigenvalue weighted by Crippen LogP contribution is -2.46. The van der Waals surface area contributed by atoms with Gasteiger partial charge in [-0.25, -0.2) is 4.79 Å². The molecule has 0 amide bonds. The van der Waals surface area contributed by atoms with Gasteiger partial charge in [0.2, 0.25) is 0 Å². The maximum Gasteiger partial charge on any atom is 0.345 e. The second-order valence-electron chi connectivity index (χ2n) is 5.53. The van der Waals surface area contributed by atoms with E-state index in [9.17, 15) is 14.7 Å². The molecule has 1 heterocycles. The number of ether oxygens (including phenoxy) is 1. The van der Waals surface area contributed by atoms with E-state index in [1.807, 2.05) is 0 Å². The molecule has 1 aliphatic heterocycles. The molecule has 1 saturated carbocycles. The quantitative estimate of drug-likeness (QED) is 0.337. The molecule has 0 bridgehead atoms. The van der Waals surface area contributed by atoms with Gasteiger partial charge in [0.15, 0.2) is 5.78 Å². The van der Waals surface area contributed by atoms with Crippen LogP contribution in [0.15, 0.2) is 11.3 Å². The summed E-state index contributed by atoms with van der Waals surface area (Å²) in [6.45, 7) is 3.88. The molecule has 0 aromatic heterocycles. The van der Waals surface area contributed by atoms with Crippen molar-refractivity contribution >= 4 is 11.8 Å². The van der Waals surface area contributed by atoms with Crippen molar-refractivity contribution in [2.75, 3.05) is 0 Å². The van der Waals surface area contributed by atoms with Gasteiger partial charge >= 0.3 is 5.97 Å². The Labute approximate surface area is 107 Å². The van der Waals surface area contributed by atoms with Gasteiger partial charge in [0.25, 0.3) is 0 Å². The zero-order valence-electron chi connectivity index (χ0n) is 11.0. The summed E-state index contributed by atoms with van der Waals surface area (Å²) in [6, 6.07) is 0. The van der Waals surface area contributed by atoms with Gasteiger partial charge in [-0.2, -0.15) is 0 Å². The fraction of sp³-hybridized carbons (Fsp3) is 0.714. The predicted octanol–water partition coefficient (Wildman–Crippen LogP) is 2.67. The predicted molar refractivity (Wildman–Crippen MR) is 66.0 cm³/mol. The molecule has 2 aliphatic rings. The number of aliphatic hydroxyl groups is 1. The van der Waals surface area contributed by atoms with Crippen LogP contribution in [0.3, 0.4) is 0 Å². The summed E-state index contributed by atoms with van der Waals surface area (Å²) >= 11 is 0. The summed E-state index contributed by atoms with van der Waals surface area (Å²) in [5, 5.41) is 9.61. The lowest BCUT2D eigenvalue weighted by Gasteiger charge is -2.41. The van der Waals surface area contributed by atoms with Crippen molar-refractivity contribution in [3.8, 4) is 0 Å². The molecule has 100 valence electrons. The summed E-state index contributed by atoms with van der Waals surface area (Å²) in [5.41, 5.74) is -0.736. The van der Waals surface area contributed by atoms with Gasteiger partial charge in [0, 0.05) is 6.42 Å². The molecule has 2 fully saturated rings. The van der Waals surface area contributed by atoms with Gasteiger partial charge < -0.3 is 9.84 Å². The molecular weight excluding hydrogens is 232 g/mol. The number of esters is 1. The summed E-state index contributed by atoms with van der Waals surface area (Å²) in [7, 11) is 0. The fourth-order valence-electron chi connectivity index (χ4n) is 2.80. The number of hydrogen-bond donors (Lipinski definition) is 1. The Balaban J connectivity index is 2.20. The Bertz CT molecular complexity index is 378. The minimum Gasteiger partial charge on any atom is -0.511 e. The number of allylic oxidation sites excluding steroid dienone is 1. The van der Waals surface area contributed by atoms with Crippen molar-refractivity contribution in [2.24, 2.45) is 5.92 Å². The van der Waals surface area contributed by atoms with E-state index in [2.05, 4.69) is 6.92 Å². The third-order valence-electron chi connectivity index (χ3n) is 4.08. The maximum absolute atomic E-state index is 12.0. The minimum absolute atomic E-state index is 0.137. The molecule has 1 aliphatic carbocycles. The van der Waals surface area contributed by atoms with Crippen molar-refractivity contribution in [1.82, 2.24) is 0 Å². The van der Waals surface area contributed by atoms with Crippen LogP contribution in [0.4, 0.5) is 0 Å². The van der Waals surface area contributed by atoms with Gasteiger partial charge in [-0.05, 0) is 31.6 Å². The Morgan fingerprint density at radius 2 is 2.00 bits per heavy atom. The molecule has 0 aromatic rings. The van der Waals surface area contributed by atoms with E-state index in [1.165, 1.54) is 0 Å². The standard InChI is InChI=1S/C14H20O4/c1-3-10(15)12-11(16)8-14(18-13(12)17)6-4-9(2)5-7-14/h9,15H,3-8H2,1-2H3. The minimum atomic E-state index is -0.639. The van der Waals surface area contributed by atoms with Crippen LogP contribution in [-0.2, 0) is 14.3 Å². The van der Waals surface area contributed by atoms with Crippen molar-refractivity contribution < 1.29 is 19.4 Å². The monoisotopic (exact) mass is 252 g/mol. The van der Waals surface area contributed by atoms with Crippen LogP contribution in [0.25, 0.3) is 0 Å². The van der Waals surface area contributed by atoms with E-state index in [-0.39, 0.29) is 30.0 Å². The topological polar surface area (TPSA) is 63.6 Å². The molecule has 18 heavy (non-hydrogen) atoms. The zero-order chi connectivity index (χ0) is 13.3. The van der Waals surface area contributed by atoms with E-state index in [1.54, 1.807) is 6.92 Å². The summed E-state index contributed by atoms with van der Waals surface area (Å²) < 4.78 is 5.49. The largest absolute Gasteiger partial charge is 0.511 e. The van der Waals surface area contributed by atoms with Crippen molar-refractivity contribution in [3.63, 3.8) is 0 Å². The highest BCUT2D eigenvalue weighted by atomic mass is 16.6. The molecule has 0 aromatic carbocycles. The molecule has 0 radical (unpaired) electrons. The van der Waals surface area contributed by atoms with Crippen LogP contribution in [0.5, 0.6) is 0 Å². The molecule has 1 saturated heterocycles. The molecule has 1 N–H and O–H groups in total. The van der Waals surface area contributed by atoms with Crippen LogP contribution in [0, 0.1) is 5.92 Å². The average Bonchev–Trinajstić information content (AvgIpc) is 2.32. The van der Waals surface area contributed by atoms with Crippen molar-refractivity contribution in [2.45, 2.75) is 58.0 Å². The van der Waals surface area contributed by atoms with Crippen LogP contribution < -0.4 is 0 Å². The smallest absolute Gasteiger partial charge is 0.345 e. The van der Waals surface area contributed by atoms with Gasteiger partial charge in [-0.1, -0.05) is 13.8 Å². The van der Waals surface area contributed by atoms with Gasteiger partial charge in [0.05, 0.1) is 6.42 Å². The van der Waals surface area contributed by atoms with Crippen molar-refractivity contribution in [1.29, 1.82) is 0 Å². The normalized spacial score (nSPS) is 35.6. The zero-order valence-corrected chi connectivity index (χ0v) is 11.0. The number of Topliss-reactive ketones (excluding diaryl/α,β-unsaturated/α-hetero) is 1. The van der Waals surface area contributed by atoms with Crippen LogP contribution in [0.1, 0.15) is 52.4 Å². The van der Waals surface area contributed by atoms with Gasteiger partial charge in [-0.15, -0.1) is 0 Å². The van der Waals surface area contributed by atoms with Gasteiger partial charge in [-0.3, -0.25) is 4.79 Å². The number of rotatable bonds is 1. The Kier molecular flexibility index (Phi) is 3.46. The van der Waals surface area contributed by atoms with E-state index >= 15 is 0 Å². The average molecular weight is 252 g/mol. The number of aliphatic hydroxyl groups excluding tert-OH is 1. The second-order valence-corrected chi connectivity index (χ2v) is 5.53. The first-order valence-electron chi connectivity index (χ1n) is 6.66. The highest BCUT2D eigenvalue weighted by Gasteiger charge is 2.46. The number of carbonyl (C=O) groups excluding carboxylic acids is 2. The Morgan fingerprint density at radius 3 is 2.50 bits per heavy atom. The summed E-state index contributed by atoms with van der Waals surface area (Å²) in [6.07, 6.45) is 3.99. The third kappa shape index (κ3) is 2.28. The highest BCUT2D eigenvalue weighted by molar-refractivity contribution is 6.19. The SMILES string of the molecule is CCC(O)=C1C(=O)CC2(CCC(C)CC2)OC1=O. The second kappa shape index (κ2) is 4.75. The number of carbonyl (C=O) groups is 2. The van der Waals surface area contributed by atoms with E-state index < -0.39 is 11.6 Å². The molecule has 4 heteroatoms. The van der Waals surface area contributed by atoms with Crippen molar-refractivity contribution in [3.05, 3.63) is 11.3 Å². The molecule has 1 spiro atoms. The molecule has 4 nitrogen and oxygen atoms in total. The molecular formula is C14H20O4. The fourth-order valence-corrected chi connectivity index (χ4v) is 2.80. The summed E-state index contributed by atoms with van der Waals surface area (Å²) in [4.78, 5) is 23.9. The van der Waals surface area contributed by atoms with E-state index in [0.717, 1.165) is 25.7 Å². The first-order valence-corrected chi connectivity index (χ1v) is 6.66.